The second-order valence-electron chi connectivity index (χ2n) is 7.25. The molecule has 1 saturated heterocycles. The van der Waals surface area contributed by atoms with Crippen molar-refractivity contribution in [3.8, 4) is 11.5 Å². The fraction of sp³-hybridized carbons (Fsp3) is 0.611. The first-order valence-corrected chi connectivity index (χ1v) is 15.2. The summed E-state index contributed by atoms with van der Waals surface area (Å²) in [6, 6.07) is -0.191. The van der Waals surface area contributed by atoms with Crippen LogP contribution in [-0.2, 0) is 0 Å². The molecule has 31 heavy (non-hydrogen) atoms. The minimum atomic E-state index is -3.90. The van der Waals surface area contributed by atoms with Gasteiger partial charge in [0.25, 0.3) is 0 Å². The van der Waals surface area contributed by atoms with E-state index in [0.29, 0.717) is 5.90 Å². The third-order valence-corrected chi connectivity index (χ3v) is 16.9. The number of hydrogen-bond donors (Lipinski definition) is 0. The molecule has 0 N–H and O–H groups in total. The fourth-order valence-electron chi connectivity index (χ4n) is 4.02. The summed E-state index contributed by atoms with van der Waals surface area (Å²) >= 11 is 25.6. The molecule has 2 amide bonds. The molecule has 0 aliphatic carbocycles. The summed E-state index contributed by atoms with van der Waals surface area (Å²) in [4.78, 5) is 12.8. The quantitative estimate of drug-likeness (QED) is 0.194. The molecule has 0 radical (unpaired) electrons. The predicted molar refractivity (Wildman–Crippen MR) is 133 cm³/mol. The summed E-state index contributed by atoms with van der Waals surface area (Å²) in [5.41, 5.74) is 0. The van der Waals surface area contributed by atoms with Crippen LogP contribution in [0.4, 0.5) is 4.79 Å². The Bertz CT molecular complexity index is 836. The number of carbonyl (C=O) groups excluding carboxylic acids is 1. The van der Waals surface area contributed by atoms with Gasteiger partial charge in [0.15, 0.2) is 0 Å². The molecule has 3 rings (SSSR count). The second kappa shape index (κ2) is 9.00. The number of benzene rings is 1. The van der Waals surface area contributed by atoms with E-state index in [-0.39, 0.29) is 37.6 Å². The van der Waals surface area contributed by atoms with Gasteiger partial charge in [0, 0.05) is 0 Å². The molecule has 1 fully saturated rings. The Morgan fingerprint density at radius 1 is 0.774 bits per heavy atom. The van der Waals surface area contributed by atoms with E-state index in [0.717, 1.165) is 26.2 Å². The number of rotatable bonds is 8. The summed E-state index contributed by atoms with van der Waals surface area (Å²) in [5.74, 6) is 0.956. The van der Waals surface area contributed by atoms with Crippen LogP contribution in [0.5, 0.6) is 11.5 Å². The molecule has 2 heterocycles. The van der Waals surface area contributed by atoms with Crippen LogP contribution in [0.1, 0.15) is 27.7 Å². The first kappa shape index (κ1) is 25.6. The van der Waals surface area contributed by atoms with Crippen molar-refractivity contribution < 1.29 is 13.8 Å². The van der Waals surface area contributed by atoms with Gasteiger partial charge < -0.3 is 0 Å². The van der Waals surface area contributed by atoms with Crippen molar-refractivity contribution in [1.82, 2.24) is 18.7 Å². The van der Waals surface area contributed by atoms with Gasteiger partial charge in [0.1, 0.15) is 0 Å². The molecule has 1 aromatic rings. The first-order chi connectivity index (χ1) is 14.5. The first-order valence-electron chi connectivity index (χ1n) is 10.1. The number of carbonyl (C=O) groups is 1. The van der Waals surface area contributed by atoms with Gasteiger partial charge in [-0.25, -0.2) is 0 Å². The van der Waals surface area contributed by atoms with Gasteiger partial charge in [0.2, 0.25) is 0 Å². The van der Waals surface area contributed by atoms with Crippen molar-refractivity contribution in [2.45, 2.75) is 27.7 Å². The van der Waals surface area contributed by atoms with E-state index < -0.39 is 15.6 Å². The molecule has 0 unspecified atom stereocenters. The maximum atomic E-state index is 12.8. The Kier molecular flexibility index (Phi) is 7.45. The normalized spacial score (nSPS) is 20.0. The number of fused-ring (bicyclic) bond motifs is 1. The maximum absolute atomic E-state index is 12.8. The molecular formula is C18H28Cl4N4O3P2. The fourth-order valence-corrected chi connectivity index (χ4v) is 14.7. The molecule has 13 heteroatoms. The SMILES string of the molecule is CCN(CC)P(CP12(Oc3c(Cl)c(Cl)c(Cl)c(Cl)c3O1)N(C)C(=O)N2C)N(CC)CC. The van der Waals surface area contributed by atoms with Crippen LogP contribution in [0.2, 0.25) is 20.1 Å². The average Bonchev–Trinajstić information content (AvgIpc) is 3.16. The standard InChI is InChI=1S/C18H28Cl4N4O3P2/c1-7-25(8-2)30(26(9-3)10-4)11-31(23(5)18(27)24(31)6)28-16-14(21)12(19)13(20)15(22)17(16)29-31/h7-11H2,1-6H3. The average molecular weight is 552 g/mol. The van der Waals surface area contributed by atoms with Crippen LogP contribution in [0, 0.1) is 0 Å². The number of urea groups is 1. The third-order valence-electron chi connectivity index (χ3n) is 5.95. The monoisotopic (exact) mass is 550 g/mol. The summed E-state index contributed by atoms with van der Waals surface area (Å²) in [6.45, 7) is 12.0. The zero-order chi connectivity index (χ0) is 23.3. The summed E-state index contributed by atoms with van der Waals surface area (Å²) in [6.07, 6.45) is 0. The van der Waals surface area contributed by atoms with E-state index in [4.69, 9.17) is 55.5 Å². The van der Waals surface area contributed by atoms with Crippen LogP contribution < -0.4 is 9.05 Å². The van der Waals surface area contributed by atoms with E-state index in [9.17, 15) is 4.79 Å². The van der Waals surface area contributed by atoms with Gasteiger partial charge in [-0.2, -0.15) is 0 Å². The third kappa shape index (κ3) is 3.51. The van der Waals surface area contributed by atoms with Crippen LogP contribution in [0.3, 0.4) is 0 Å². The number of nitrogens with zero attached hydrogens (tertiary/aromatic N) is 4. The van der Waals surface area contributed by atoms with Crippen molar-refractivity contribution in [3.05, 3.63) is 20.1 Å². The van der Waals surface area contributed by atoms with Crippen LogP contribution >= 0.6 is 62.0 Å². The van der Waals surface area contributed by atoms with E-state index in [1.165, 1.54) is 0 Å². The van der Waals surface area contributed by atoms with Crippen LogP contribution in [0.25, 0.3) is 0 Å². The molecule has 0 saturated carbocycles. The van der Waals surface area contributed by atoms with E-state index in [2.05, 4.69) is 37.0 Å². The molecule has 0 aromatic heterocycles. The molecule has 0 atom stereocenters. The summed E-state index contributed by atoms with van der Waals surface area (Å²) < 4.78 is 21.2. The van der Waals surface area contributed by atoms with Gasteiger partial charge in [-0.15, -0.1) is 0 Å². The predicted octanol–water partition coefficient (Wildman–Crippen LogP) is 7.23. The number of hydrogen-bond acceptors (Lipinski definition) is 5. The zero-order valence-corrected chi connectivity index (χ0v) is 23.3. The Morgan fingerprint density at radius 3 is 1.45 bits per heavy atom. The van der Waals surface area contributed by atoms with Crippen molar-refractivity contribution in [3.63, 3.8) is 0 Å². The summed E-state index contributed by atoms with van der Waals surface area (Å²) in [5, 5.41) is 0.453. The van der Waals surface area contributed by atoms with Crippen molar-refractivity contribution in [1.29, 1.82) is 0 Å². The van der Waals surface area contributed by atoms with Crippen molar-refractivity contribution in [2.75, 3.05) is 46.2 Å². The summed E-state index contributed by atoms with van der Waals surface area (Å²) in [7, 11) is -1.36. The molecule has 1 aromatic carbocycles. The number of halogens is 4. The molecule has 7 nitrogen and oxygen atoms in total. The Balaban J connectivity index is 2.19. The van der Waals surface area contributed by atoms with Gasteiger partial charge >= 0.3 is 206 Å². The van der Waals surface area contributed by atoms with E-state index in [1.54, 1.807) is 23.4 Å². The molecule has 0 bridgehead atoms. The minimum absolute atomic E-state index is 0.0983. The Morgan fingerprint density at radius 2 is 1.13 bits per heavy atom. The van der Waals surface area contributed by atoms with Gasteiger partial charge in [-0.1, -0.05) is 0 Å². The van der Waals surface area contributed by atoms with Crippen LogP contribution in [-0.4, -0.2) is 70.9 Å². The molecule has 1 spiro atoms. The Labute approximate surface area is 205 Å². The molecule has 176 valence electrons. The molecular weight excluding hydrogens is 524 g/mol. The topological polar surface area (TPSA) is 48.5 Å². The van der Waals surface area contributed by atoms with Crippen molar-refractivity contribution in [2.24, 2.45) is 0 Å². The Hall–Kier alpha value is 0.0300. The molecule has 2 aliphatic rings. The van der Waals surface area contributed by atoms with Crippen LogP contribution in [0.15, 0.2) is 0 Å². The van der Waals surface area contributed by atoms with Gasteiger partial charge in [0.05, 0.1) is 0 Å². The zero-order valence-electron chi connectivity index (χ0n) is 18.5. The molecule has 2 aliphatic heterocycles. The van der Waals surface area contributed by atoms with Gasteiger partial charge in [-0.05, 0) is 0 Å². The van der Waals surface area contributed by atoms with E-state index in [1.807, 2.05) is 0 Å². The number of amides is 2. The van der Waals surface area contributed by atoms with Gasteiger partial charge in [-0.3, -0.25) is 0 Å². The van der Waals surface area contributed by atoms with Crippen molar-refractivity contribution >= 4 is 68.0 Å². The van der Waals surface area contributed by atoms with E-state index >= 15 is 0 Å². The second-order valence-corrected chi connectivity index (χ2v) is 15.4.